The number of hydrogen-bond acceptors (Lipinski definition) is 5. The van der Waals surface area contributed by atoms with Crippen molar-refractivity contribution in [3.63, 3.8) is 0 Å². The second kappa shape index (κ2) is 8.04. The maximum atomic E-state index is 14.2. The Kier molecular flexibility index (Phi) is 5.56. The van der Waals surface area contributed by atoms with Crippen LogP contribution >= 0.6 is 0 Å². The number of benzene rings is 2. The van der Waals surface area contributed by atoms with E-state index in [1.807, 2.05) is 0 Å². The molecule has 1 aliphatic rings. The minimum atomic E-state index is -4.85. The molecule has 4 rings (SSSR count). The Labute approximate surface area is 175 Å². The van der Waals surface area contributed by atoms with Gasteiger partial charge in [0.1, 0.15) is 12.3 Å². The van der Waals surface area contributed by atoms with Crippen LogP contribution in [0.25, 0.3) is 11.0 Å². The molecule has 1 aliphatic heterocycles. The first-order valence-corrected chi connectivity index (χ1v) is 10.9. The standard InChI is InChI=1S/C20H18F4N2O4S/c21-15-11-25-7-5-16(15)30-17-10-13(9-12-6-8-29-19(12)17)26-31(27,28)18-4-2-1-3-14(18)20(22,23)24/h1-4,6,8-10,15-16,25-26H,5,7,11H2/t15-,16-/m0/s1. The zero-order valence-corrected chi connectivity index (χ0v) is 16.8. The molecule has 2 N–H and O–H groups in total. The molecule has 0 radical (unpaired) electrons. The van der Waals surface area contributed by atoms with Crippen LogP contribution in [0.4, 0.5) is 23.2 Å². The van der Waals surface area contributed by atoms with E-state index in [0.717, 1.165) is 12.1 Å². The molecular formula is C20H18F4N2O4S. The van der Waals surface area contributed by atoms with Gasteiger partial charge in [-0.1, -0.05) is 12.1 Å². The van der Waals surface area contributed by atoms with Gasteiger partial charge < -0.3 is 14.5 Å². The van der Waals surface area contributed by atoms with E-state index < -0.39 is 38.9 Å². The predicted molar refractivity (Wildman–Crippen MR) is 105 cm³/mol. The number of furan rings is 1. The first-order valence-electron chi connectivity index (χ1n) is 9.37. The fourth-order valence-electron chi connectivity index (χ4n) is 3.43. The van der Waals surface area contributed by atoms with Crippen LogP contribution in [-0.2, 0) is 16.2 Å². The average molecular weight is 458 g/mol. The lowest BCUT2D eigenvalue weighted by Gasteiger charge is -2.27. The summed E-state index contributed by atoms with van der Waals surface area (Å²) >= 11 is 0. The van der Waals surface area contributed by atoms with E-state index in [-0.39, 0.29) is 23.6 Å². The molecule has 0 saturated carbocycles. The molecule has 2 atom stereocenters. The smallest absolute Gasteiger partial charge is 0.417 e. The number of piperidine rings is 1. The van der Waals surface area contributed by atoms with E-state index >= 15 is 0 Å². The van der Waals surface area contributed by atoms with Crippen LogP contribution in [0.5, 0.6) is 5.75 Å². The first-order chi connectivity index (χ1) is 14.6. The Morgan fingerprint density at radius 1 is 1.16 bits per heavy atom. The SMILES string of the molecule is O=S(=O)(Nc1cc(O[C@H]2CCNC[C@@H]2F)c2occc2c1)c1ccccc1C(F)(F)F. The van der Waals surface area contributed by atoms with Crippen molar-refractivity contribution in [2.75, 3.05) is 17.8 Å². The molecule has 0 spiro atoms. The highest BCUT2D eigenvalue weighted by Crippen LogP contribution is 2.36. The van der Waals surface area contributed by atoms with E-state index in [9.17, 15) is 26.0 Å². The van der Waals surface area contributed by atoms with Crippen molar-refractivity contribution in [3.8, 4) is 5.75 Å². The van der Waals surface area contributed by atoms with Crippen molar-refractivity contribution < 1.29 is 35.1 Å². The summed E-state index contributed by atoms with van der Waals surface area (Å²) in [6, 6.07) is 8.10. The number of fused-ring (bicyclic) bond motifs is 1. The summed E-state index contributed by atoms with van der Waals surface area (Å²) in [6.45, 7) is 0.666. The Morgan fingerprint density at radius 3 is 2.68 bits per heavy atom. The predicted octanol–water partition coefficient (Wildman–Crippen LogP) is 4.33. The van der Waals surface area contributed by atoms with Gasteiger partial charge >= 0.3 is 6.18 Å². The molecule has 2 aromatic carbocycles. The molecule has 0 bridgehead atoms. The van der Waals surface area contributed by atoms with Crippen LogP contribution in [0.15, 0.2) is 58.0 Å². The van der Waals surface area contributed by atoms with Gasteiger partial charge in [-0.05, 0) is 37.2 Å². The Balaban J connectivity index is 1.69. The van der Waals surface area contributed by atoms with Crippen LogP contribution in [-0.4, -0.2) is 33.8 Å². The zero-order valence-electron chi connectivity index (χ0n) is 15.9. The Bertz CT molecular complexity index is 1190. The van der Waals surface area contributed by atoms with Crippen molar-refractivity contribution in [2.24, 2.45) is 0 Å². The first kappa shape index (κ1) is 21.4. The highest BCUT2D eigenvalue weighted by Gasteiger charge is 2.37. The summed E-state index contributed by atoms with van der Waals surface area (Å²) < 4.78 is 92.8. The average Bonchev–Trinajstić information content (AvgIpc) is 3.18. The second-order valence-electron chi connectivity index (χ2n) is 7.08. The van der Waals surface area contributed by atoms with E-state index in [2.05, 4.69) is 10.0 Å². The summed E-state index contributed by atoms with van der Waals surface area (Å²) in [5.41, 5.74) is -1.03. The van der Waals surface area contributed by atoms with Crippen molar-refractivity contribution in [1.82, 2.24) is 5.32 Å². The van der Waals surface area contributed by atoms with Crippen molar-refractivity contribution in [2.45, 2.75) is 29.8 Å². The van der Waals surface area contributed by atoms with Gasteiger partial charge in [0.05, 0.1) is 22.4 Å². The van der Waals surface area contributed by atoms with Gasteiger partial charge in [0, 0.05) is 18.0 Å². The number of nitrogens with one attached hydrogen (secondary N) is 2. The maximum absolute atomic E-state index is 14.2. The molecule has 1 saturated heterocycles. The largest absolute Gasteiger partial charge is 0.483 e. The molecule has 1 aromatic heterocycles. The zero-order chi connectivity index (χ0) is 22.2. The summed E-state index contributed by atoms with van der Waals surface area (Å²) in [4.78, 5) is -0.903. The van der Waals surface area contributed by atoms with Gasteiger partial charge in [-0.15, -0.1) is 0 Å². The minimum Gasteiger partial charge on any atom is -0.483 e. The lowest BCUT2D eigenvalue weighted by Crippen LogP contribution is -2.44. The third-order valence-corrected chi connectivity index (χ3v) is 6.32. The van der Waals surface area contributed by atoms with E-state index in [1.54, 1.807) is 6.07 Å². The molecule has 31 heavy (non-hydrogen) atoms. The molecule has 1 fully saturated rings. The molecule has 3 aromatic rings. The number of anilines is 1. The minimum absolute atomic E-state index is 0.0368. The molecule has 166 valence electrons. The summed E-state index contributed by atoms with van der Waals surface area (Å²) in [5.74, 6) is 0.0962. The molecule has 0 aliphatic carbocycles. The van der Waals surface area contributed by atoms with Gasteiger partial charge in [0.25, 0.3) is 10.0 Å². The number of ether oxygens (including phenoxy) is 1. The number of sulfonamides is 1. The number of rotatable bonds is 5. The lowest BCUT2D eigenvalue weighted by molar-refractivity contribution is -0.139. The summed E-state index contributed by atoms with van der Waals surface area (Å²) in [6.07, 6.45) is -5.16. The monoisotopic (exact) mass is 458 g/mol. The third kappa shape index (κ3) is 4.47. The van der Waals surface area contributed by atoms with Crippen LogP contribution in [0.3, 0.4) is 0 Å². The molecule has 2 heterocycles. The normalized spacial score (nSPS) is 20.0. The lowest BCUT2D eigenvalue weighted by atomic mass is 10.1. The van der Waals surface area contributed by atoms with E-state index in [4.69, 9.17) is 9.15 Å². The second-order valence-corrected chi connectivity index (χ2v) is 8.73. The van der Waals surface area contributed by atoms with E-state index in [1.165, 1.54) is 24.5 Å². The molecule has 6 nitrogen and oxygen atoms in total. The summed E-state index contributed by atoms with van der Waals surface area (Å²) in [7, 11) is -4.58. The van der Waals surface area contributed by atoms with Gasteiger partial charge in [0.15, 0.2) is 11.3 Å². The molecule has 11 heteroatoms. The molecule has 0 amide bonds. The van der Waals surface area contributed by atoms with Crippen LogP contribution in [0.2, 0.25) is 0 Å². The molecular weight excluding hydrogens is 440 g/mol. The Hall–Kier alpha value is -2.79. The highest BCUT2D eigenvalue weighted by molar-refractivity contribution is 7.92. The van der Waals surface area contributed by atoms with Crippen LogP contribution in [0.1, 0.15) is 12.0 Å². The van der Waals surface area contributed by atoms with Crippen molar-refractivity contribution in [3.05, 3.63) is 54.3 Å². The maximum Gasteiger partial charge on any atom is 0.417 e. The van der Waals surface area contributed by atoms with Gasteiger partial charge in [-0.2, -0.15) is 13.2 Å². The third-order valence-electron chi connectivity index (χ3n) is 4.88. The van der Waals surface area contributed by atoms with Gasteiger partial charge in [-0.25, -0.2) is 12.8 Å². The van der Waals surface area contributed by atoms with Gasteiger partial charge in [0.2, 0.25) is 0 Å². The number of alkyl halides is 4. The van der Waals surface area contributed by atoms with Crippen molar-refractivity contribution in [1.29, 1.82) is 0 Å². The van der Waals surface area contributed by atoms with Crippen LogP contribution < -0.4 is 14.8 Å². The van der Waals surface area contributed by atoms with E-state index in [0.29, 0.717) is 24.4 Å². The van der Waals surface area contributed by atoms with Crippen molar-refractivity contribution >= 4 is 26.7 Å². The molecule has 0 unspecified atom stereocenters. The fourth-order valence-corrected chi connectivity index (χ4v) is 4.70. The van der Waals surface area contributed by atoms with Crippen LogP contribution in [0, 0.1) is 0 Å². The highest BCUT2D eigenvalue weighted by atomic mass is 32.2. The topological polar surface area (TPSA) is 80.6 Å². The number of hydrogen-bond donors (Lipinski definition) is 2. The quantitative estimate of drug-likeness (QED) is 0.557. The number of halogens is 4. The summed E-state index contributed by atoms with van der Waals surface area (Å²) in [5, 5.41) is 3.35. The van der Waals surface area contributed by atoms with Gasteiger partial charge in [-0.3, -0.25) is 4.72 Å². The fraction of sp³-hybridized carbons (Fsp3) is 0.300. The Morgan fingerprint density at radius 2 is 1.94 bits per heavy atom.